The lowest BCUT2D eigenvalue weighted by Gasteiger charge is -2.37. The lowest BCUT2D eigenvalue weighted by molar-refractivity contribution is -0.117. The van der Waals surface area contributed by atoms with Gasteiger partial charge in [0.2, 0.25) is 5.89 Å². The van der Waals surface area contributed by atoms with E-state index in [0.717, 1.165) is 13.0 Å². The number of halogens is 6. The number of fused-ring (bicyclic) bond motifs is 1. The van der Waals surface area contributed by atoms with Gasteiger partial charge in [-0.2, -0.15) is 8.78 Å². The van der Waals surface area contributed by atoms with E-state index in [1.807, 2.05) is 0 Å². The van der Waals surface area contributed by atoms with E-state index in [0.29, 0.717) is 16.6 Å². The Hall–Kier alpha value is -2.52. The van der Waals surface area contributed by atoms with Crippen LogP contribution in [0.1, 0.15) is 12.5 Å². The molecule has 29 heavy (non-hydrogen) atoms. The first-order chi connectivity index (χ1) is 13.1. The molecule has 11 heteroatoms. The maximum atomic E-state index is 14.5. The molecule has 5 nitrogen and oxygen atoms in total. The van der Waals surface area contributed by atoms with Crippen LogP contribution in [0.2, 0.25) is 5.02 Å². The molecule has 3 aromatic rings. The smallest absolute Gasteiger partial charge is 0.310 e. The van der Waals surface area contributed by atoms with Crippen molar-refractivity contribution in [2.75, 3.05) is 6.61 Å². The second-order valence-corrected chi connectivity index (χ2v) is 6.89. The second kappa shape index (κ2) is 7.07. The second-order valence-electron chi connectivity index (χ2n) is 6.46. The highest BCUT2D eigenvalue weighted by Gasteiger charge is 2.56. The number of hydrogen-bond donors (Lipinski definition) is 1. The molecule has 0 saturated carbocycles. The van der Waals surface area contributed by atoms with E-state index < -0.39 is 41.3 Å². The molecule has 0 radical (unpaired) electrons. The molecule has 2 N–H and O–H groups in total. The Bertz CT molecular complexity index is 1140. The molecule has 0 saturated heterocycles. The number of nitrogens with zero attached hydrogens (tertiary/aromatic N) is 2. The van der Waals surface area contributed by atoms with Crippen molar-refractivity contribution < 1.29 is 26.7 Å². The first-order valence-corrected chi connectivity index (χ1v) is 8.40. The molecule has 154 valence electrons. The fourth-order valence-corrected chi connectivity index (χ4v) is 3.16. The van der Waals surface area contributed by atoms with E-state index in [1.165, 1.54) is 6.07 Å². The number of nitrogens with two attached hydrogens (primary N) is 1. The lowest BCUT2D eigenvalue weighted by atomic mass is 9.84. The van der Waals surface area contributed by atoms with Crippen LogP contribution in [0.5, 0.6) is 0 Å². The predicted molar refractivity (Wildman–Crippen MR) is 101 cm³/mol. The molecule has 2 aromatic carbocycles. The zero-order chi connectivity index (χ0) is 20.3. The highest BCUT2D eigenvalue weighted by Crippen LogP contribution is 2.45. The van der Waals surface area contributed by atoms with Crippen LogP contribution in [-0.4, -0.2) is 23.5 Å². The van der Waals surface area contributed by atoms with Crippen molar-refractivity contribution in [3.05, 3.63) is 52.6 Å². The van der Waals surface area contributed by atoms with Gasteiger partial charge in [0, 0.05) is 22.7 Å². The van der Waals surface area contributed by atoms with Crippen LogP contribution in [0.4, 0.5) is 17.6 Å². The number of rotatable bonds is 2. The number of alkyl halides is 2. The number of benzene rings is 2. The molecule has 1 aliphatic rings. The van der Waals surface area contributed by atoms with Crippen molar-refractivity contribution in [3.63, 3.8) is 0 Å². The van der Waals surface area contributed by atoms with Crippen LogP contribution in [0, 0.1) is 11.6 Å². The van der Waals surface area contributed by atoms with Gasteiger partial charge in [0.25, 0.3) is 6.02 Å². The summed E-state index contributed by atoms with van der Waals surface area (Å²) in [4.78, 5) is 7.72. The summed E-state index contributed by atoms with van der Waals surface area (Å²) in [6, 6.07) is 5.43. The molecule has 4 rings (SSSR count). The summed E-state index contributed by atoms with van der Waals surface area (Å²) in [5.74, 6) is -6.05. The van der Waals surface area contributed by atoms with Crippen molar-refractivity contribution in [2.24, 2.45) is 10.7 Å². The Morgan fingerprint density at radius 2 is 1.86 bits per heavy atom. The average molecular weight is 450 g/mol. The first kappa shape index (κ1) is 21.2. The molecule has 2 heterocycles. The quantitative estimate of drug-likeness (QED) is 0.555. The summed E-state index contributed by atoms with van der Waals surface area (Å²) in [7, 11) is 0. The third-order valence-electron chi connectivity index (χ3n) is 4.61. The SMILES string of the molecule is C[C@]1(c2cc(-c3nc4ccc(Cl)cc4o3)c(F)cc2F)N=C(N)OCC1(F)F.Cl. The number of hydrogen-bond acceptors (Lipinski definition) is 5. The monoisotopic (exact) mass is 449 g/mol. The number of ether oxygens (including phenoxy) is 1. The minimum atomic E-state index is -3.60. The fraction of sp³-hybridized carbons (Fsp3) is 0.222. The van der Waals surface area contributed by atoms with Crippen molar-refractivity contribution in [2.45, 2.75) is 18.4 Å². The summed E-state index contributed by atoms with van der Waals surface area (Å²) < 4.78 is 68.1. The van der Waals surface area contributed by atoms with E-state index in [-0.39, 0.29) is 29.4 Å². The van der Waals surface area contributed by atoms with Crippen molar-refractivity contribution in [1.82, 2.24) is 4.98 Å². The summed E-state index contributed by atoms with van der Waals surface area (Å²) in [6.45, 7) is -0.0965. The molecule has 0 amide bonds. The lowest BCUT2D eigenvalue weighted by Crippen LogP contribution is -2.51. The van der Waals surface area contributed by atoms with Gasteiger partial charge in [-0.3, -0.25) is 0 Å². The van der Waals surface area contributed by atoms with Gasteiger partial charge >= 0.3 is 5.92 Å². The summed E-state index contributed by atoms with van der Waals surface area (Å²) in [5.41, 5.74) is 2.77. The van der Waals surface area contributed by atoms with Gasteiger partial charge < -0.3 is 14.9 Å². The molecule has 1 atom stereocenters. The first-order valence-electron chi connectivity index (χ1n) is 8.03. The Balaban J connectivity index is 0.00000240. The maximum Gasteiger partial charge on any atom is 0.310 e. The molecular formula is C18H13Cl2F4N3O2. The maximum absolute atomic E-state index is 14.5. The van der Waals surface area contributed by atoms with Crippen LogP contribution >= 0.6 is 24.0 Å². The fourth-order valence-electron chi connectivity index (χ4n) is 3.00. The standard InChI is InChI=1S/C18H12ClF4N3O2.ClH/c1-17(18(22,23)7-27-16(24)26-17)10-5-9(11(20)6-12(10)21)15-25-13-3-2-8(19)4-14(13)28-15;/h2-6H,7H2,1H3,(H2,24,26);1H/t17-;/m1./s1. The number of amidine groups is 1. The van der Waals surface area contributed by atoms with Crippen LogP contribution in [0.3, 0.4) is 0 Å². The van der Waals surface area contributed by atoms with Gasteiger partial charge in [0.1, 0.15) is 17.2 Å². The topological polar surface area (TPSA) is 73.6 Å². The largest absolute Gasteiger partial charge is 0.459 e. The normalized spacial score (nSPS) is 20.7. The molecular weight excluding hydrogens is 437 g/mol. The van der Waals surface area contributed by atoms with Crippen LogP contribution in [-0.2, 0) is 10.3 Å². The Kier molecular flexibility index (Phi) is 5.17. The van der Waals surface area contributed by atoms with Crippen molar-refractivity contribution in [3.8, 4) is 11.5 Å². The van der Waals surface area contributed by atoms with Gasteiger partial charge in [0.15, 0.2) is 17.7 Å². The van der Waals surface area contributed by atoms with E-state index >= 15 is 0 Å². The average Bonchev–Trinajstić information content (AvgIpc) is 3.01. The minimum absolute atomic E-state index is 0. The van der Waals surface area contributed by atoms with Gasteiger partial charge in [-0.25, -0.2) is 18.8 Å². The van der Waals surface area contributed by atoms with Gasteiger partial charge in [0.05, 0.1) is 5.56 Å². The van der Waals surface area contributed by atoms with Crippen LogP contribution in [0.25, 0.3) is 22.6 Å². The van der Waals surface area contributed by atoms with E-state index in [2.05, 4.69) is 14.7 Å². The zero-order valence-electron chi connectivity index (χ0n) is 14.7. The third-order valence-corrected chi connectivity index (χ3v) is 4.84. The summed E-state index contributed by atoms with van der Waals surface area (Å²) in [6.07, 6.45) is 0. The zero-order valence-corrected chi connectivity index (χ0v) is 16.3. The van der Waals surface area contributed by atoms with E-state index in [9.17, 15) is 17.6 Å². The van der Waals surface area contributed by atoms with Crippen LogP contribution in [0.15, 0.2) is 39.7 Å². The highest BCUT2D eigenvalue weighted by molar-refractivity contribution is 6.31. The molecule has 0 spiro atoms. The summed E-state index contributed by atoms with van der Waals surface area (Å²) >= 11 is 5.88. The molecule has 0 bridgehead atoms. The number of aromatic nitrogens is 1. The summed E-state index contributed by atoms with van der Waals surface area (Å²) in [5, 5.41) is 0.370. The Morgan fingerprint density at radius 3 is 2.59 bits per heavy atom. The molecule has 0 aliphatic carbocycles. The molecule has 0 unspecified atom stereocenters. The number of aliphatic imine (C=N–C) groups is 1. The van der Waals surface area contributed by atoms with Crippen molar-refractivity contribution in [1.29, 1.82) is 0 Å². The van der Waals surface area contributed by atoms with Crippen molar-refractivity contribution >= 4 is 41.1 Å². The Labute approximate surface area is 172 Å². The van der Waals surface area contributed by atoms with E-state index in [1.54, 1.807) is 12.1 Å². The van der Waals surface area contributed by atoms with Crippen LogP contribution < -0.4 is 5.73 Å². The molecule has 1 aromatic heterocycles. The van der Waals surface area contributed by atoms with Gasteiger partial charge in [-0.15, -0.1) is 12.4 Å². The third kappa shape index (κ3) is 3.38. The number of oxazole rings is 1. The predicted octanol–water partition coefficient (Wildman–Crippen LogP) is 5.04. The van der Waals surface area contributed by atoms with Gasteiger partial charge in [-0.1, -0.05) is 11.6 Å². The van der Waals surface area contributed by atoms with E-state index in [4.69, 9.17) is 21.8 Å². The Morgan fingerprint density at radius 1 is 1.14 bits per heavy atom. The molecule has 1 aliphatic heterocycles. The van der Waals surface area contributed by atoms with Gasteiger partial charge in [-0.05, 0) is 25.1 Å². The molecule has 0 fully saturated rings. The minimum Gasteiger partial charge on any atom is -0.459 e. The highest BCUT2D eigenvalue weighted by atomic mass is 35.5.